The number of allylic oxidation sites excluding steroid dienone is 1. The summed E-state index contributed by atoms with van der Waals surface area (Å²) >= 11 is 5.73. The number of rotatable bonds is 4. The third-order valence-electron chi connectivity index (χ3n) is 2.69. The molecular formula is C13H9ClN2O5. The highest BCUT2D eigenvalue weighted by molar-refractivity contribution is 6.32. The number of hydrogen-bond donors (Lipinski definition) is 0. The molecule has 0 saturated carbocycles. The molecule has 0 atom stereocenters. The van der Waals surface area contributed by atoms with Gasteiger partial charge in [-0.3, -0.25) is 20.2 Å². The molecule has 108 valence electrons. The van der Waals surface area contributed by atoms with Gasteiger partial charge in [-0.05, 0) is 24.3 Å². The van der Waals surface area contributed by atoms with Crippen LogP contribution in [0.25, 0.3) is 17.4 Å². The molecule has 0 unspecified atom stereocenters. The van der Waals surface area contributed by atoms with Crippen LogP contribution in [0.4, 0.5) is 5.69 Å². The fraction of sp³-hybridized carbons (Fsp3) is 0.0769. The van der Waals surface area contributed by atoms with E-state index in [1.165, 1.54) is 25.1 Å². The minimum Gasteiger partial charge on any atom is -0.456 e. The lowest BCUT2D eigenvalue weighted by molar-refractivity contribution is -0.422. The van der Waals surface area contributed by atoms with E-state index in [-0.39, 0.29) is 22.2 Å². The van der Waals surface area contributed by atoms with Gasteiger partial charge in [-0.1, -0.05) is 11.6 Å². The maximum absolute atomic E-state index is 10.8. The van der Waals surface area contributed by atoms with E-state index in [0.717, 1.165) is 0 Å². The Morgan fingerprint density at radius 1 is 1.24 bits per heavy atom. The van der Waals surface area contributed by atoms with Crippen LogP contribution in [0.5, 0.6) is 0 Å². The van der Waals surface area contributed by atoms with Gasteiger partial charge in [0.2, 0.25) is 5.70 Å². The van der Waals surface area contributed by atoms with Gasteiger partial charge in [0.25, 0.3) is 5.69 Å². The first-order chi connectivity index (χ1) is 9.88. The molecule has 7 nitrogen and oxygen atoms in total. The molecule has 0 aliphatic carbocycles. The number of nitro benzene ring substituents is 1. The van der Waals surface area contributed by atoms with Crippen molar-refractivity contribution in [3.8, 4) is 11.3 Å². The normalized spacial score (nSPS) is 11.4. The monoisotopic (exact) mass is 308 g/mol. The SMILES string of the molecule is CC(=Cc1ccc(-c2ccc(Cl)c([N+](=O)[O-])c2)o1)[N+](=O)[O-]. The second kappa shape index (κ2) is 5.76. The van der Waals surface area contributed by atoms with Crippen LogP contribution < -0.4 is 0 Å². The lowest BCUT2D eigenvalue weighted by Crippen LogP contribution is -1.92. The van der Waals surface area contributed by atoms with Crippen molar-refractivity contribution in [3.05, 3.63) is 67.0 Å². The average molecular weight is 309 g/mol. The van der Waals surface area contributed by atoms with Gasteiger partial charge in [0.15, 0.2) is 0 Å². The van der Waals surface area contributed by atoms with Crippen LogP contribution in [-0.4, -0.2) is 9.85 Å². The van der Waals surface area contributed by atoms with Crippen molar-refractivity contribution >= 4 is 23.4 Å². The quantitative estimate of drug-likeness (QED) is 0.624. The smallest absolute Gasteiger partial charge is 0.288 e. The summed E-state index contributed by atoms with van der Waals surface area (Å²) in [5, 5.41) is 21.4. The van der Waals surface area contributed by atoms with Gasteiger partial charge in [-0.15, -0.1) is 0 Å². The predicted octanol–water partition coefficient (Wildman–Crippen LogP) is 4.15. The van der Waals surface area contributed by atoms with Gasteiger partial charge in [-0.2, -0.15) is 0 Å². The van der Waals surface area contributed by atoms with Crippen molar-refractivity contribution in [2.75, 3.05) is 0 Å². The molecule has 0 bridgehead atoms. The molecule has 1 aromatic carbocycles. The van der Waals surface area contributed by atoms with Crippen molar-refractivity contribution in [2.24, 2.45) is 0 Å². The van der Waals surface area contributed by atoms with E-state index in [0.29, 0.717) is 11.3 Å². The summed E-state index contributed by atoms with van der Waals surface area (Å²) in [5.41, 5.74) is 0.159. The molecule has 1 aromatic heterocycles. The number of benzene rings is 1. The van der Waals surface area contributed by atoms with Crippen LogP contribution in [-0.2, 0) is 0 Å². The van der Waals surface area contributed by atoms with E-state index in [4.69, 9.17) is 16.0 Å². The molecule has 0 saturated heterocycles. The van der Waals surface area contributed by atoms with Crippen molar-refractivity contribution in [3.63, 3.8) is 0 Å². The Morgan fingerprint density at radius 3 is 2.57 bits per heavy atom. The highest BCUT2D eigenvalue weighted by Gasteiger charge is 2.15. The van der Waals surface area contributed by atoms with Crippen LogP contribution >= 0.6 is 11.6 Å². The Hall–Kier alpha value is -2.67. The number of hydrogen-bond acceptors (Lipinski definition) is 5. The first-order valence-electron chi connectivity index (χ1n) is 5.75. The second-order valence-corrected chi connectivity index (χ2v) is 4.58. The Morgan fingerprint density at radius 2 is 1.95 bits per heavy atom. The van der Waals surface area contributed by atoms with E-state index < -0.39 is 9.85 Å². The molecule has 1 heterocycles. The molecule has 21 heavy (non-hydrogen) atoms. The van der Waals surface area contributed by atoms with Crippen molar-refractivity contribution in [2.45, 2.75) is 6.92 Å². The number of halogens is 1. The zero-order chi connectivity index (χ0) is 15.6. The fourth-order valence-corrected chi connectivity index (χ4v) is 1.84. The Balaban J connectivity index is 2.38. The van der Waals surface area contributed by atoms with E-state index in [2.05, 4.69) is 0 Å². The van der Waals surface area contributed by atoms with Crippen molar-refractivity contribution < 1.29 is 14.3 Å². The number of nitro groups is 2. The van der Waals surface area contributed by atoms with Gasteiger partial charge in [0.05, 0.1) is 15.9 Å². The molecule has 0 aliphatic heterocycles. The lowest BCUT2D eigenvalue weighted by atomic mass is 10.1. The standard InChI is InChI=1S/C13H9ClN2O5/c1-8(15(17)18)6-10-3-5-13(21-10)9-2-4-11(14)12(7-9)16(19)20/h2-7H,1H3. The highest BCUT2D eigenvalue weighted by atomic mass is 35.5. The molecule has 0 aliphatic rings. The van der Waals surface area contributed by atoms with Crippen LogP contribution in [0.2, 0.25) is 5.02 Å². The third-order valence-corrected chi connectivity index (χ3v) is 3.01. The average Bonchev–Trinajstić information content (AvgIpc) is 2.87. The second-order valence-electron chi connectivity index (χ2n) is 4.17. The minimum absolute atomic E-state index is 0.0274. The first-order valence-corrected chi connectivity index (χ1v) is 6.13. The molecule has 0 fully saturated rings. The van der Waals surface area contributed by atoms with E-state index in [1.54, 1.807) is 18.2 Å². The van der Waals surface area contributed by atoms with Gasteiger partial charge in [0, 0.05) is 18.6 Å². The summed E-state index contributed by atoms with van der Waals surface area (Å²) in [7, 11) is 0. The van der Waals surface area contributed by atoms with Gasteiger partial charge < -0.3 is 4.42 Å². The molecule has 0 N–H and O–H groups in total. The Bertz CT molecular complexity index is 751. The summed E-state index contributed by atoms with van der Waals surface area (Å²) in [6.45, 7) is 1.34. The highest BCUT2D eigenvalue weighted by Crippen LogP contribution is 2.31. The summed E-state index contributed by atoms with van der Waals surface area (Å²) in [6.07, 6.45) is 1.27. The summed E-state index contributed by atoms with van der Waals surface area (Å²) < 4.78 is 5.42. The van der Waals surface area contributed by atoms with E-state index in [1.807, 2.05) is 0 Å². The topological polar surface area (TPSA) is 99.4 Å². The lowest BCUT2D eigenvalue weighted by Gasteiger charge is -1.99. The van der Waals surface area contributed by atoms with Crippen LogP contribution in [0.1, 0.15) is 12.7 Å². The molecule has 0 radical (unpaired) electrons. The predicted molar refractivity (Wildman–Crippen MR) is 76.5 cm³/mol. The number of furan rings is 1. The molecule has 2 aromatic rings. The fourth-order valence-electron chi connectivity index (χ4n) is 1.65. The molecule has 0 amide bonds. The van der Waals surface area contributed by atoms with Gasteiger partial charge in [0.1, 0.15) is 16.5 Å². The van der Waals surface area contributed by atoms with Crippen LogP contribution in [0, 0.1) is 20.2 Å². The molecule has 0 spiro atoms. The Kier molecular flexibility index (Phi) is 4.04. The number of nitrogens with zero attached hydrogens (tertiary/aromatic N) is 2. The molecule has 2 rings (SSSR count). The maximum Gasteiger partial charge on any atom is 0.288 e. The molecule has 8 heteroatoms. The zero-order valence-corrected chi connectivity index (χ0v) is 11.5. The largest absolute Gasteiger partial charge is 0.456 e. The van der Waals surface area contributed by atoms with Gasteiger partial charge in [-0.25, -0.2) is 0 Å². The maximum atomic E-state index is 10.8. The Labute approximate surface area is 123 Å². The summed E-state index contributed by atoms with van der Waals surface area (Å²) in [5.74, 6) is 0.647. The van der Waals surface area contributed by atoms with E-state index >= 15 is 0 Å². The van der Waals surface area contributed by atoms with E-state index in [9.17, 15) is 20.2 Å². The zero-order valence-electron chi connectivity index (χ0n) is 10.8. The summed E-state index contributed by atoms with van der Waals surface area (Å²) in [4.78, 5) is 20.3. The third kappa shape index (κ3) is 3.26. The van der Waals surface area contributed by atoms with Gasteiger partial charge >= 0.3 is 0 Å². The molecular weight excluding hydrogens is 300 g/mol. The first kappa shape index (κ1) is 14.7. The van der Waals surface area contributed by atoms with Crippen molar-refractivity contribution in [1.29, 1.82) is 0 Å². The van der Waals surface area contributed by atoms with Crippen LogP contribution in [0.15, 0.2) is 40.4 Å². The van der Waals surface area contributed by atoms with Crippen LogP contribution in [0.3, 0.4) is 0 Å². The minimum atomic E-state index is -0.591. The van der Waals surface area contributed by atoms with Crippen molar-refractivity contribution in [1.82, 2.24) is 0 Å². The summed E-state index contributed by atoms with van der Waals surface area (Å²) in [6, 6.07) is 7.38.